The number of benzene rings is 1. The summed E-state index contributed by atoms with van der Waals surface area (Å²) in [5.41, 5.74) is 5.74. The predicted octanol–water partition coefficient (Wildman–Crippen LogP) is 1.01. The van der Waals surface area contributed by atoms with Crippen LogP contribution >= 0.6 is 0 Å². The largest absolute Gasteiger partial charge is 0.398 e. The maximum absolute atomic E-state index is 11.8. The summed E-state index contributed by atoms with van der Waals surface area (Å²) in [6.07, 6.45) is -0.547. The standard InChI is InChI=1S/C10H15NO4S/c1-8(7-14-2)15-16(12,13)10-6-4-3-5-9(10)11/h3-6,8H,7,11H2,1-2H3. The lowest BCUT2D eigenvalue weighted by Crippen LogP contribution is -2.20. The first-order valence-corrected chi connectivity index (χ1v) is 6.15. The third kappa shape index (κ3) is 3.19. The molecule has 1 rings (SSSR count). The van der Waals surface area contributed by atoms with Gasteiger partial charge >= 0.3 is 0 Å². The number of para-hydroxylation sites is 1. The number of nitrogen functional groups attached to an aromatic ring is 1. The number of rotatable bonds is 5. The first-order valence-electron chi connectivity index (χ1n) is 4.74. The third-order valence-electron chi connectivity index (χ3n) is 1.88. The molecule has 0 heterocycles. The lowest BCUT2D eigenvalue weighted by molar-refractivity contribution is 0.0962. The molecule has 1 atom stereocenters. The highest BCUT2D eigenvalue weighted by atomic mass is 32.2. The number of hydrogen-bond acceptors (Lipinski definition) is 5. The third-order valence-corrected chi connectivity index (χ3v) is 3.37. The van der Waals surface area contributed by atoms with Gasteiger partial charge in [0.25, 0.3) is 10.1 Å². The summed E-state index contributed by atoms with van der Waals surface area (Å²) in [6, 6.07) is 6.17. The van der Waals surface area contributed by atoms with Gasteiger partial charge < -0.3 is 10.5 Å². The highest BCUT2D eigenvalue weighted by molar-refractivity contribution is 7.87. The number of methoxy groups -OCH3 is 1. The van der Waals surface area contributed by atoms with Crippen LogP contribution in [-0.2, 0) is 19.0 Å². The molecule has 0 amide bonds. The first-order chi connectivity index (χ1) is 7.47. The fourth-order valence-corrected chi connectivity index (χ4v) is 2.43. The van der Waals surface area contributed by atoms with Crippen LogP contribution in [0.15, 0.2) is 29.2 Å². The molecular formula is C10H15NO4S. The Labute approximate surface area is 95.3 Å². The maximum Gasteiger partial charge on any atom is 0.299 e. The molecule has 0 aliphatic rings. The minimum atomic E-state index is -3.82. The van der Waals surface area contributed by atoms with Crippen LogP contribution in [0.25, 0.3) is 0 Å². The van der Waals surface area contributed by atoms with Crippen molar-refractivity contribution in [3.05, 3.63) is 24.3 Å². The Morgan fingerprint density at radius 3 is 2.56 bits per heavy atom. The molecule has 5 nitrogen and oxygen atoms in total. The van der Waals surface area contributed by atoms with Crippen molar-refractivity contribution in [2.45, 2.75) is 17.9 Å². The van der Waals surface area contributed by atoms with Crippen molar-refractivity contribution in [2.24, 2.45) is 0 Å². The van der Waals surface area contributed by atoms with E-state index in [0.717, 1.165) is 0 Å². The van der Waals surface area contributed by atoms with Crippen molar-refractivity contribution in [3.63, 3.8) is 0 Å². The Balaban J connectivity index is 2.91. The molecule has 2 N–H and O–H groups in total. The lowest BCUT2D eigenvalue weighted by Gasteiger charge is -2.12. The van der Waals surface area contributed by atoms with Gasteiger partial charge in [-0.2, -0.15) is 8.42 Å². The topological polar surface area (TPSA) is 78.6 Å². The molecule has 0 saturated heterocycles. The second-order valence-corrected chi connectivity index (χ2v) is 4.89. The molecule has 0 saturated carbocycles. The van der Waals surface area contributed by atoms with Gasteiger partial charge in [-0.25, -0.2) is 0 Å². The Hall–Kier alpha value is -1.11. The normalized spacial score (nSPS) is 13.6. The summed E-state index contributed by atoms with van der Waals surface area (Å²) < 4.78 is 33.3. The molecule has 1 aromatic carbocycles. The second kappa shape index (κ2) is 5.29. The molecule has 6 heteroatoms. The van der Waals surface area contributed by atoms with Crippen LogP contribution in [0.3, 0.4) is 0 Å². The van der Waals surface area contributed by atoms with E-state index in [1.54, 1.807) is 19.1 Å². The van der Waals surface area contributed by atoms with Gasteiger partial charge in [-0.1, -0.05) is 12.1 Å². The number of ether oxygens (including phenoxy) is 1. The molecule has 0 bridgehead atoms. The quantitative estimate of drug-likeness (QED) is 0.618. The minimum Gasteiger partial charge on any atom is -0.398 e. The van der Waals surface area contributed by atoms with E-state index >= 15 is 0 Å². The van der Waals surface area contributed by atoms with Gasteiger partial charge in [0.2, 0.25) is 0 Å². The molecule has 0 fully saturated rings. The Morgan fingerprint density at radius 2 is 2.00 bits per heavy atom. The summed E-state index contributed by atoms with van der Waals surface area (Å²) in [5.74, 6) is 0. The van der Waals surface area contributed by atoms with Gasteiger partial charge in [-0.3, -0.25) is 4.18 Å². The number of anilines is 1. The van der Waals surface area contributed by atoms with Crippen molar-refractivity contribution >= 4 is 15.8 Å². The smallest absolute Gasteiger partial charge is 0.299 e. The Bertz CT molecular complexity index is 444. The van der Waals surface area contributed by atoms with E-state index < -0.39 is 16.2 Å². The molecule has 16 heavy (non-hydrogen) atoms. The van der Waals surface area contributed by atoms with Crippen LogP contribution in [0.2, 0.25) is 0 Å². The van der Waals surface area contributed by atoms with Crippen LogP contribution in [0.4, 0.5) is 5.69 Å². The van der Waals surface area contributed by atoms with Crippen LogP contribution < -0.4 is 5.73 Å². The first kappa shape index (κ1) is 13.0. The van der Waals surface area contributed by atoms with Gasteiger partial charge in [0.05, 0.1) is 18.4 Å². The van der Waals surface area contributed by atoms with E-state index in [2.05, 4.69) is 0 Å². The molecule has 0 spiro atoms. The van der Waals surface area contributed by atoms with Crippen LogP contribution in [0.1, 0.15) is 6.92 Å². The van der Waals surface area contributed by atoms with E-state index in [4.69, 9.17) is 14.7 Å². The Morgan fingerprint density at radius 1 is 1.38 bits per heavy atom. The SMILES string of the molecule is COCC(C)OS(=O)(=O)c1ccccc1N. The van der Waals surface area contributed by atoms with E-state index in [9.17, 15) is 8.42 Å². The van der Waals surface area contributed by atoms with E-state index in [1.807, 2.05) is 0 Å². The summed E-state index contributed by atoms with van der Waals surface area (Å²) in [4.78, 5) is -0.0158. The van der Waals surface area contributed by atoms with E-state index in [1.165, 1.54) is 19.2 Å². The van der Waals surface area contributed by atoms with Crippen molar-refractivity contribution in [3.8, 4) is 0 Å². The molecule has 0 aromatic heterocycles. The molecule has 90 valence electrons. The highest BCUT2D eigenvalue weighted by Gasteiger charge is 2.21. The van der Waals surface area contributed by atoms with Crippen molar-refractivity contribution in [1.82, 2.24) is 0 Å². The summed E-state index contributed by atoms with van der Waals surface area (Å²) in [6.45, 7) is 1.81. The molecule has 0 aliphatic heterocycles. The minimum absolute atomic E-state index is 0.0158. The average Bonchev–Trinajstić information content (AvgIpc) is 2.17. The van der Waals surface area contributed by atoms with Crippen molar-refractivity contribution in [2.75, 3.05) is 19.5 Å². The number of nitrogens with two attached hydrogens (primary N) is 1. The van der Waals surface area contributed by atoms with Crippen molar-refractivity contribution < 1.29 is 17.3 Å². The molecule has 1 unspecified atom stereocenters. The second-order valence-electron chi connectivity index (χ2n) is 3.35. The zero-order chi connectivity index (χ0) is 12.2. The summed E-state index contributed by atoms with van der Waals surface area (Å²) in [7, 11) is -2.34. The molecule has 1 aromatic rings. The van der Waals surface area contributed by atoms with E-state index in [-0.39, 0.29) is 17.2 Å². The van der Waals surface area contributed by atoms with Gasteiger partial charge in [0, 0.05) is 7.11 Å². The van der Waals surface area contributed by atoms with Gasteiger partial charge in [-0.05, 0) is 19.1 Å². The zero-order valence-corrected chi connectivity index (χ0v) is 10.0. The van der Waals surface area contributed by atoms with Gasteiger partial charge in [0.1, 0.15) is 4.90 Å². The van der Waals surface area contributed by atoms with Gasteiger partial charge in [0.15, 0.2) is 0 Å². The fraction of sp³-hybridized carbons (Fsp3) is 0.400. The molecular weight excluding hydrogens is 230 g/mol. The Kier molecular flexibility index (Phi) is 4.28. The monoisotopic (exact) mass is 245 g/mol. The summed E-state index contributed by atoms with van der Waals surface area (Å²) in [5, 5.41) is 0. The number of hydrogen-bond donors (Lipinski definition) is 1. The average molecular weight is 245 g/mol. The van der Waals surface area contributed by atoms with Crippen molar-refractivity contribution in [1.29, 1.82) is 0 Å². The molecule has 0 aliphatic carbocycles. The van der Waals surface area contributed by atoms with Crippen LogP contribution in [0.5, 0.6) is 0 Å². The van der Waals surface area contributed by atoms with Crippen LogP contribution in [0, 0.1) is 0 Å². The maximum atomic E-state index is 11.8. The fourth-order valence-electron chi connectivity index (χ4n) is 1.24. The zero-order valence-electron chi connectivity index (χ0n) is 9.21. The van der Waals surface area contributed by atoms with E-state index in [0.29, 0.717) is 0 Å². The highest BCUT2D eigenvalue weighted by Crippen LogP contribution is 2.20. The molecule has 0 radical (unpaired) electrons. The summed E-state index contributed by atoms with van der Waals surface area (Å²) >= 11 is 0. The van der Waals surface area contributed by atoms with Crippen LogP contribution in [-0.4, -0.2) is 28.2 Å². The predicted molar refractivity (Wildman–Crippen MR) is 60.5 cm³/mol. The van der Waals surface area contributed by atoms with Gasteiger partial charge in [-0.15, -0.1) is 0 Å². The lowest BCUT2D eigenvalue weighted by atomic mass is 10.3.